The average Bonchev–Trinajstić information content (AvgIpc) is 1.65. The molecule has 0 aliphatic carbocycles. The van der Waals surface area contributed by atoms with Crippen molar-refractivity contribution in [2.75, 3.05) is 0 Å². The molecule has 0 saturated carbocycles. The molecule has 0 aromatic rings. The van der Waals surface area contributed by atoms with E-state index in [9.17, 15) is 0 Å². The van der Waals surface area contributed by atoms with Crippen LogP contribution in [0, 0.1) is 0 Å². The van der Waals surface area contributed by atoms with E-state index < -0.39 is 0 Å². The molecule has 2 heteroatoms. The van der Waals surface area contributed by atoms with Crippen LogP contribution in [0.15, 0.2) is 12.7 Å². The zero-order chi connectivity index (χ0) is 5.86. The van der Waals surface area contributed by atoms with Gasteiger partial charge in [0.25, 0.3) is 0 Å². The van der Waals surface area contributed by atoms with Gasteiger partial charge >= 0.3 is 0 Å². The summed E-state index contributed by atoms with van der Waals surface area (Å²) < 4.78 is 0. The van der Waals surface area contributed by atoms with Crippen LogP contribution in [0.5, 0.6) is 0 Å². The predicted octanol–water partition coefficient (Wildman–Crippen LogP) is 2.41. The molecular weight excluding hydrogens is 131 g/mol. The maximum atomic E-state index is 5.55. The lowest BCUT2D eigenvalue weighted by Crippen LogP contribution is -2.05. The van der Waals surface area contributed by atoms with Gasteiger partial charge in [0.05, 0.1) is 10.8 Å². The number of alkyl halides is 2. The molecule has 0 radical (unpaired) electrons. The van der Waals surface area contributed by atoms with E-state index in [1.807, 2.05) is 6.92 Å². The monoisotopic (exact) mass is 138 g/mol. The molecule has 42 valence electrons. The molecule has 0 aliphatic heterocycles. The third-order valence-electron chi connectivity index (χ3n) is 0.664. The summed E-state index contributed by atoms with van der Waals surface area (Å²) in [6.07, 6.45) is 1.62. The average molecular weight is 139 g/mol. The summed E-state index contributed by atoms with van der Waals surface area (Å²) in [5.41, 5.74) is 0. The normalized spacial score (nSPS) is 18.1. The van der Waals surface area contributed by atoms with Gasteiger partial charge in [-0.05, 0) is 6.92 Å². The van der Waals surface area contributed by atoms with Gasteiger partial charge < -0.3 is 0 Å². The van der Waals surface area contributed by atoms with Crippen molar-refractivity contribution in [2.24, 2.45) is 0 Å². The molecule has 0 aliphatic rings. The number of halogens is 2. The van der Waals surface area contributed by atoms with Crippen LogP contribution in [0.1, 0.15) is 6.92 Å². The van der Waals surface area contributed by atoms with Gasteiger partial charge in [-0.3, -0.25) is 0 Å². The molecule has 0 N–H and O–H groups in total. The molecule has 0 amide bonds. The highest BCUT2D eigenvalue weighted by molar-refractivity contribution is 6.30. The summed E-state index contributed by atoms with van der Waals surface area (Å²) >= 11 is 11.1. The molecule has 7 heavy (non-hydrogen) atoms. The van der Waals surface area contributed by atoms with Gasteiger partial charge in [-0.2, -0.15) is 0 Å². The number of hydrogen-bond acceptors (Lipinski definition) is 0. The fourth-order valence-corrected chi connectivity index (χ4v) is 0.290. The third kappa shape index (κ3) is 2.95. The van der Waals surface area contributed by atoms with E-state index in [4.69, 9.17) is 23.2 Å². The van der Waals surface area contributed by atoms with E-state index in [0.717, 1.165) is 0 Å². The van der Waals surface area contributed by atoms with E-state index in [0.29, 0.717) is 0 Å². The molecular formula is C5H8Cl2. The van der Waals surface area contributed by atoms with Gasteiger partial charge in [-0.15, -0.1) is 29.8 Å². The first kappa shape index (κ1) is 7.32. The van der Waals surface area contributed by atoms with E-state index in [1.165, 1.54) is 0 Å². The molecule has 2 atom stereocenters. The van der Waals surface area contributed by atoms with Gasteiger partial charge in [0.15, 0.2) is 0 Å². The third-order valence-corrected chi connectivity index (χ3v) is 1.62. The van der Waals surface area contributed by atoms with E-state index in [2.05, 4.69) is 6.58 Å². The largest absolute Gasteiger partial charge is 0.121 e. The van der Waals surface area contributed by atoms with E-state index >= 15 is 0 Å². The minimum absolute atomic E-state index is 0.0147. The van der Waals surface area contributed by atoms with Crippen molar-refractivity contribution in [1.82, 2.24) is 0 Å². The summed E-state index contributed by atoms with van der Waals surface area (Å²) in [4.78, 5) is 0. The van der Waals surface area contributed by atoms with Crippen LogP contribution in [-0.2, 0) is 0 Å². The second-order valence-electron chi connectivity index (χ2n) is 1.36. The second-order valence-corrected chi connectivity index (χ2v) is 2.55. The van der Waals surface area contributed by atoms with E-state index in [1.54, 1.807) is 6.08 Å². The quantitative estimate of drug-likeness (QED) is 0.407. The van der Waals surface area contributed by atoms with Crippen molar-refractivity contribution in [2.45, 2.75) is 17.7 Å². The standard InChI is InChI=1S/C5H8Cl2/c1-3-5(7)4(2)6/h3-5H,1H2,2H3. The summed E-state index contributed by atoms with van der Waals surface area (Å²) in [5, 5.41) is -0.110. The van der Waals surface area contributed by atoms with Crippen LogP contribution in [0.25, 0.3) is 0 Å². The van der Waals surface area contributed by atoms with Gasteiger partial charge in [-0.1, -0.05) is 6.08 Å². The van der Waals surface area contributed by atoms with Crippen LogP contribution in [0.3, 0.4) is 0 Å². The Labute approximate surface area is 54.1 Å². The molecule has 0 heterocycles. The number of allylic oxidation sites excluding steroid dienone is 1. The Kier molecular flexibility index (Phi) is 3.49. The molecule has 0 nitrogen and oxygen atoms in total. The highest BCUT2D eigenvalue weighted by atomic mass is 35.5. The highest BCUT2D eigenvalue weighted by Gasteiger charge is 2.03. The highest BCUT2D eigenvalue weighted by Crippen LogP contribution is 2.08. The Morgan fingerprint density at radius 3 is 2.00 bits per heavy atom. The van der Waals surface area contributed by atoms with Crippen LogP contribution in [0.2, 0.25) is 0 Å². The lowest BCUT2D eigenvalue weighted by atomic mass is 10.3. The Morgan fingerprint density at radius 1 is 1.57 bits per heavy atom. The molecule has 0 aromatic heterocycles. The first-order valence-corrected chi connectivity index (χ1v) is 2.96. The SMILES string of the molecule is C=CC(Cl)C(C)Cl. The lowest BCUT2D eigenvalue weighted by Gasteiger charge is -2.02. The molecule has 0 bridgehead atoms. The predicted molar refractivity (Wildman–Crippen MR) is 35.2 cm³/mol. The van der Waals surface area contributed by atoms with Crippen LogP contribution in [0.4, 0.5) is 0 Å². The van der Waals surface area contributed by atoms with Crippen molar-refractivity contribution < 1.29 is 0 Å². The number of rotatable bonds is 2. The van der Waals surface area contributed by atoms with Gasteiger partial charge in [0.1, 0.15) is 0 Å². The second kappa shape index (κ2) is 3.34. The Balaban J connectivity index is 3.33. The zero-order valence-corrected chi connectivity index (χ0v) is 5.71. The summed E-state index contributed by atoms with van der Waals surface area (Å²) in [7, 11) is 0. The van der Waals surface area contributed by atoms with Crippen LogP contribution in [-0.4, -0.2) is 10.8 Å². The fourth-order valence-electron chi connectivity index (χ4n) is 0.188. The van der Waals surface area contributed by atoms with Crippen molar-refractivity contribution >= 4 is 23.2 Å². The molecule has 0 aromatic carbocycles. The summed E-state index contributed by atoms with van der Waals surface area (Å²) in [5.74, 6) is 0. The maximum absolute atomic E-state index is 5.55. The van der Waals surface area contributed by atoms with Crippen LogP contribution < -0.4 is 0 Å². The minimum Gasteiger partial charge on any atom is -0.121 e. The maximum Gasteiger partial charge on any atom is 0.0674 e. The molecule has 0 fully saturated rings. The van der Waals surface area contributed by atoms with Crippen molar-refractivity contribution in [3.63, 3.8) is 0 Å². The van der Waals surface area contributed by atoms with Crippen molar-refractivity contribution in [3.8, 4) is 0 Å². The smallest absolute Gasteiger partial charge is 0.0674 e. The van der Waals surface area contributed by atoms with Crippen LogP contribution >= 0.6 is 23.2 Å². The topological polar surface area (TPSA) is 0 Å². The van der Waals surface area contributed by atoms with Gasteiger partial charge in [-0.25, -0.2) is 0 Å². The zero-order valence-electron chi connectivity index (χ0n) is 4.20. The van der Waals surface area contributed by atoms with Crippen molar-refractivity contribution in [1.29, 1.82) is 0 Å². The first-order chi connectivity index (χ1) is 3.18. The molecule has 0 rings (SSSR count). The summed E-state index contributed by atoms with van der Waals surface area (Å²) in [6, 6.07) is 0. The van der Waals surface area contributed by atoms with Crippen molar-refractivity contribution in [3.05, 3.63) is 12.7 Å². The fraction of sp³-hybridized carbons (Fsp3) is 0.600. The van der Waals surface area contributed by atoms with Gasteiger partial charge in [0.2, 0.25) is 0 Å². The van der Waals surface area contributed by atoms with Gasteiger partial charge in [0, 0.05) is 0 Å². The molecule has 0 spiro atoms. The molecule has 2 unspecified atom stereocenters. The summed E-state index contributed by atoms with van der Waals surface area (Å²) in [6.45, 7) is 5.30. The Morgan fingerprint density at radius 2 is 2.00 bits per heavy atom. The lowest BCUT2D eigenvalue weighted by molar-refractivity contribution is 0.979. The van der Waals surface area contributed by atoms with E-state index in [-0.39, 0.29) is 10.8 Å². The Bertz CT molecular complexity index is 59.1. The first-order valence-electron chi connectivity index (χ1n) is 2.09. The Hall–Kier alpha value is 0.320. The molecule has 0 saturated heterocycles. The minimum atomic E-state index is -0.0957. The number of hydrogen-bond donors (Lipinski definition) is 0.